The summed E-state index contributed by atoms with van der Waals surface area (Å²) < 4.78 is 27.0. The fraction of sp³-hybridized carbons (Fsp3) is 0.538. The number of hydrogen-bond donors (Lipinski definition) is 1. The lowest BCUT2D eigenvalue weighted by Crippen LogP contribution is -2.47. The first-order valence-corrected chi connectivity index (χ1v) is 9.60. The Kier molecular flexibility index (Phi) is 7.30. The lowest BCUT2D eigenvalue weighted by molar-refractivity contribution is 0.257. The molecular weight excluding hydrogens is 351 g/mol. The first-order chi connectivity index (χ1) is 9.50. The third-order valence-corrected chi connectivity index (χ3v) is 6.74. The summed E-state index contributed by atoms with van der Waals surface area (Å²) in [4.78, 5) is 1.13. The molecule has 1 fully saturated rings. The van der Waals surface area contributed by atoms with Crippen LogP contribution in [0.5, 0.6) is 0 Å². The first kappa shape index (κ1) is 19.1. The van der Waals surface area contributed by atoms with Gasteiger partial charge in [-0.15, -0.1) is 24.2 Å². The quantitative estimate of drug-likeness (QED) is 0.827. The normalized spacial score (nSPS) is 20.0. The van der Waals surface area contributed by atoms with Crippen molar-refractivity contribution in [2.45, 2.75) is 35.1 Å². The summed E-state index contributed by atoms with van der Waals surface area (Å²) >= 11 is 7.61. The molecule has 1 unspecified atom stereocenters. The molecule has 0 spiro atoms. The van der Waals surface area contributed by atoms with Crippen LogP contribution in [-0.4, -0.2) is 38.1 Å². The van der Waals surface area contributed by atoms with E-state index in [0.29, 0.717) is 18.1 Å². The molecule has 21 heavy (non-hydrogen) atoms. The zero-order valence-corrected chi connectivity index (χ0v) is 15.0. The van der Waals surface area contributed by atoms with Gasteiger partial charge in [-0.3, -0.25) is 0 Å². The molecule has 0 radical (unpaired) electrons. The maximum atomic E-state index is 12.7. The van der Waals surface area contributed by atoms with Crippen molar-refractivity contribution in [3.8, 4) is 0 Å². The topological polar surface area (TPSA) is 63.4 Å². The van der Waals surface area contributed by atoms with Crippen LogP contribution in [0, 0.1) is 0 Å². The van der Waals surface area contributed by atoms with E-state index in [0.717, 1.165) is 24.2 Å². The van der Waals surface area contributed by atoms with Gasteiger partial charge in [0.05, 0.1) is 9.92 Å². The molecule has 0 aromatic heterocycles. The Morgan fingerprint density at radius 1 is 1.43 bits per heavy atom. The molecule has 1 aliphatic heterocycles. The summed E-state index contributed by atoms with van der Waals surface area (Å²) in [6, 6.07) is 4.80. The van der Waals surface area contributed by atoms with Crippen molar-refractivity contribution in [1.82, 2.24) is 4.31 Å². The zero-order valence-electron chi connectivity index (χ0n) is 11.8. The molecule has 8 heteroatoms. The molecule has 1 saturated heterocycles. The molecule has 4 nitrogen and oxygen atoms in total. The van der Waals surface area contributed by atoms with Crippen LogP contribution in [0.4, 0.5) is 0 Å². The molecule has 1 aromatic carbocycles. The van der Waals surface area contributed by atoms with Gasteiger partial charge in [-0.2, -0.15) is 4.31 Å². The van der Waals surface area contributed by atoms with Crippen molar-refractivity contribution in [3.05, 3.63) is 23.2 Å². The van der Waals surface area contributed by atoms with E-state index >= 15 is 0 Å². The number of hydrogen-bond acceptors (Lipinski definition) is 4. The van der Waals surface area contributed by atoms with Gasteiger partial charge < -0.3 is 5.73 Å². The lowest BCUT2D eigenvalue weighted by atomic mass is 10.1. The molecule has 0 bridgehead atoms. The number of rotatable bonds is 4. The van der Waals surface area contributed by atoms with Gasteiger partial charge in [-0.1, -0.05) is 18.0 Å². The summed E-state index contributed by atoms with van der Waals surface area (Å²) in [5.41, 5.74) is 5.71. The van der Waals surface area contributed by atoms with E-state index in [1.165, 1.54) is 22.1 Å². The minimum absolute atomic E-state index is 0. The van der Waals surface area contributed by atoms with Crippen molar-refractivity contribution in [2.75, 3.05) is 19.3 Å². The summed E-state index contributed by atoms with van der Waals surface area (Å²) in [5.74, 6) is 0. The van der Waals surface area contributed by atoms with Crippen molar-refractivity contribution in [1.29, 1.82) is 0 Å². The van der Waals surface area contributed by atoms with Crippen molar-refractivity contribution in [2.24, 2.45) is 5.73 Å². The minimum Gasteiger partial charge on any atom is -0.329 e. The Morgan fingerprint density at radius 2 is 2.14 bits per heavy atom. The van der Waals surface area contributed by atoms with Gasteiger partial charge in [-0.05, 0) is 37.3 Å². The molecule has 2 N–H and O–H groups in total. The lowest BCUT2D eigenvalue weighted by Gasteiger charge is -2.33. The Labute approximate surface area is 141 Å². The van der Waals surface area contributed by atoms with Crippen LogP contribution in [0.2, 0.25) is 5.02 Å². The van der Waals surface area contributed by atoms with Crippen LogP contribution in [0.3, 0.4) is 0 Å². The summed E-state index contributed by atoms with van der Waals surface area (Å²) in [5, 5.41) is 0.472. The van der Waals surface area contributed by atoms with Crippen LogP contribution in [0.15, 0.2) is 28.0 Å². The second-order valence-electron chi connectivity index (χ2n) is 4.80. The summed E-state index contributed by atoms with van der Waals surface area (Å²) in [6.45, 7) is 0.891. The van der Waals surface area contributed by atoms with Crippen molar-refractivity contribution < 1.29 is 8.42 Å². The molecule has 1 atom stereocenters. The monoisotopic (exact) mass is 370 g/mol. The largest absolute Gasteiger partial charge is 0.329 e. The Balaban J connectivity index is 0.00000220. The number of thioether (sulfide) groups is 1. The smallest absolute Gasteiger partial charge is 0.243 e. The molecule has 1 heterocycles. The zero-order chi connectivity index (χ0) is 14.8. The van der Waals surface area contributed by atoms with Gasteiger partial charge in [0.25, 0.3) is 0 Å². The SMILES string of the molecule is CSc1ccc(S(=O)(=O)N2CCCCC2CN)cc1Cl.Cl. The Hall–Kier alpha value is 0.0200. The molecule has 2 rings (SSSR count). The summed E-state index contributed by atoms with van der Waals surface area (Å²) in [6.07, 6.45) is 4.64. The number of piperidine rings is 1. The number of halogens is 2. The van der Waals surface area contributed by atoms with E-state index in [1.807, 2.05) is 6.26 Å². The highest BCUT2D eigenvalue weighted by Crippen LogP contribution is 2.31. The molecule has 0 aliphatic carbocycles. The van der Waals surface area contributed by atoms with Crippen LogP contribution >= 0.6 is 35.8 Å². The second kappa shape index (κ2) is 8.04. The third-order valence-electron chi connectivity index (χ3n) is 3.58. The highest BCUT2D eigenvalue weighted by atomic mass is 35.5. The highest BCUT2D eigenvalue weighted by Gasteiger charge is 2.32. The van der Waals surface area contributed by atoms with Gasteiger partial charge in [0.1, 0.15) is 0 Å². The van der Waals surface area contributed by atoms with E-state index in [2.05, 4.69) is 0 Å². The standard InChI is InChI=1S/C13H19ClN2O2S2.ClH/c1-19-13-6-5-11(8-12(13)14)20(17,18)16-7-3-2-4-10(16)9-15;/h5-6,8,10H,2-4,7,9,15H2,1H3;1H. The van der Waals surface area contributed by atoms with Crippen LogP contribution in [0.25, 0.3) is 0 Å². The van der Waals surface area contributed by atoms with Gasteiger partial charge in [-0.25, -0.2) is 8.42 Å². The summed E-state index contributed by atoms with van der Waals surface area (Å²) in [7, 11) is -3.51. The predicted octanol–water partition coefficient (Wildman–Crippen LogP) is 2.99. The first-order valence-electron chi connectivity index (χ1n) is 6.56. The molecule has 120 valence electrons. The van der Waals surface area contributed by atoms with Crippen LogP contribution < -0.4 is 5.73 Å². The number of nitrogens with zero attached hydrogens (tertiary/aromatic N) is 1. The highest BCUT2D eigenvalue weighted by molar-refractivity contribution is 7.98. The Morgan fingerprint density at radius 3 is 2.71 bits per heavy atom. The molecule has 1 aromatic rings. The predicted molar refractivity (Wildman–Crippen MR) is 91.1 cm³/mol. The number of nitrogens with two attached hydrogens (primary N) is 1. The Bertz CT molecular complexity index is 582. The average Bonchev–Trinajstić information content (AvgIpc) is 2.47. The van der Waals surface area contributed by atoms with Gasteiger partial charge in [0, 0.05) is 24.0 Å². The van der Waals surface area contributed by atoms with E-state index in [1.54, 1.807) is 12.1 Å². The van der Waals surface area contributed by atoms with Crippen LogP contribution in [-0.2, 0) is 10.0 Å². The third kappa shape index (κ3) is 4.06. The maximum absolute atomic E-state index is 12.7. The fourth-order valence-electron chi connectivity index (χ4n) is 2.47. The van der Waals surface area contributed by atoms with E-state index in [9.17, 15) is 8.42 Å². The fourth-order valence-corrected chi connectivity index (χ4v) is 5.13. The molecule has 0 amide bonds. The maximum Gasteiger partial charge on any atom is 0.243 e. The van der Waals surface area contributed by atoms with Crippen molar-refractivity contribution in [3.63, 3.8) is 0 Å². The van der Waals surface area contributed by atoms with Crippen LogP contribution in [0.1, 0.15) is 19.3 Å². The molecular formula is C13H20Cl2N2O2S2. The van der Waals surface area contributed by atoms with E-state index in [4.69, 9.17) is 17.3 Å². The average molecular weight is 371 g/mol. The molecule has 1 aliphatic rings. The second-order valence-corrected chi connectivity index (χ2v) is 7.94. The van der Waals surface area contributed by atoms with E-state index in [-0.39, 0.29) is 23.3 Å². The number of benzene rings is 1. The van der Waals surface area contributed by atoms with Gasteiger partial charge in [0.15, 0.2) is 0 Å². The molecule has 0 saturated carbocycles. The number of sulfonamides is 1. The minimum atomic E-state index is -3.51. The van der Waals surface area contributed by atoms with Gasteiger partial charge >= 0.3 is 0 Å². The van der Waals surface area contributed by atoms with E-state index < -0.39 is 10.0 Å². The van der Waals surface area contributed by atoms with Crippen molar-refractivity contribution >= 4 is 45.8 Å². The van der Waals surface area contributed by atoms with Gasteiger partial charge in [0.2, 0.25) is 10.0 Å².